The molecule has 6 aromatic heterocycles. The molecule has 0 amide bonds. The van der Waals surface area contributed by atoms with Crippen LogP contribution in [0.15, 0.2) is 160 Å². The minimum absolute atomic E-state index is 0.187. The smallest absolute Gasteiger partial charge is 0.283 e. The topological polar surface area (TPSA) is 282 Å². The van der Waals surface area contributed by atoms with Gasteiger partial charge in [-0.1, -0.05) is 84.4 Å². The summed E-state index contributed by atoms with van der Waals surface area (Å²) in [5.74, 6) is 9.92. The Morgan fingerprint density at radius 2 is 0.791 bits per heavy atom. The normalized spacial score (nSPS) is 15.9. The van der Waals surface area contributed by atoms with Crippen LogP contribution in [0.1, 0.15) is 107 Å². The first-order chi connectivity index (χ1) is 53.4. The van der Waals surface area contributed by atoms with Crippen molar-refractivity contribution in [3.8, 4) is 69.4 Å². The van der Waals surface area contributed by atoms with Crippen molar-refractivity contribution in [1.29, 1.82) is 0 Å². The lowest BCUT2D eigenvalue weighted by molar-refractivity contribution is 0.0597. The van der Waals surface area contributed by atoms with E-state index in [1.165, 1.54) is 33.2 Å². The first-order valence-electron chi connectivity index (χ1n) is 37.5. The molecule has 3 fully saturated rings. The van der Waals surface area contributed by atoms with Crippen molar-refractivity contribution >= 4 is 55.3 Å². The first-order valence-corrected chi connectivity index (χ1v) is 37.9. The number of aromatic nitrogens is 6. The summed E-state index contributed by atoms with van der Waals surface area (Å²) in [6, 6.07) is 43.6. The molecule has 0 saturated carbocycles. The summed E-state index contributed by atoms with van der Waals surface area (Å²) >= 11 is 6.41. The number of ether oxygens (including phenoxy) is 6. The highest BCUT2D eigenvalue weighted by atomic mass is 35.5. The van der Waals surface area contributed by atoms with Crippen LogP contribution in [0.2, 0.25) is 5.02 Å². The van der Waals surface area contributed by atoms with Crippen molar-refractivity contribution in [2.24, 2.45) is 0 Å². The van der Waals surface area contributed by atoms with E-state index in [-0.39, 0.29) is 19.8 Å². The fourth-order valence-electron chi connectivity index (χ4n) is 15.4. The maximum Gasteiger partial charge on any atom is 0.283 e. The molecule has 0 radical (unpaired) electrons. The van der Waals surface area contributed by atoms with Gasteiger partial charge in [-0.05, 0) is 198 Å². The number of β-amino-alcohol motifs (C(OH)–C–C–N with tert-alkyl or cyclic N) is 3. The number of nitrogens with zero attached hydrogens (tertiary/aromatic N) is 9. The number of fused-ring (bicyclic) bond motifs is 4. The second kappa shape index (κ2) is 34.7. The summed E-state index contributed by atoms with van der Waals surface area (Å²) in [4.78, 5) is 6.91. The van der Waals surface area contributed by atoms with Crippen molar-refractivity contribution in [3.05, 3.63) is 190 Å². The number of aliphatic hydroxyl groups is 3. The van der Waals surface area contributed by atoms with Crippen LogP contribution < -0.4 is 28.4 Å². The lowest BCUT2D eigenvalue weighted by Gasteiger charge is -2.34. The zero-order valence-electron chi connectivity index (χ0n) is 63.5. The summed E-state index contributed by atoms with van der Waals surface area (Å²) in [6.45, 7) is 19.3. The molecule has 3 N–H and O–H groups in total. The SMILES string of the molecule is COc1c(C)cc(C2CCN(CC(O)COc3cccc4oc(-c5nnc(C)o5)cc34)CC2)cc1Cl.COc1c(C2CCN(CC(O)COc3cccc4oc(-c5nnc(C)o5)cc34)CC2)ccc(C)c1C.COc1c(C2CCN(CC(O)COc3cccc4oc(-c5nnc(C)o5)cc34)CC2)ccc2ccccc12. The average molecular weight is 1520 g/mol. The molecule has 3 aliphatic rings. The van der Waals surface area contributed by atoms with E-state index >= 15 is 0 Å². The predicted octanol–water partition coefficient (Wildman–Crippen LogP) is 16.0. The Balaban J connectivity index is 0.000000138. The third kappa shape index (κ3) is 17.8. The van der Waals surface area contributed by atoms with Crippen LogP contribution in [-0.4, -0.2) is 179 Å². The summed E-state index contributed by atoms with van der Waals surface area (Å²) < 4.78 is 69.0. The van der Waals surface area contributed by atoms with E-state index in [9.17, 15) is 15.3 Å². The molecule has 9 heterocycles. The zero-order chi connectivity index (χ0) is 76.5. The third-order valence-electron chi connectivity index (χ3n) is 21.1. The van der Waals surface area contributed by atoms with Gasteiger partial charge in [-0.3, -0.25) is 0 Å². The van der Waals surface area contributed by atoms with E-state index in [1.807, 2.05) is 85.8 Å². The van der Waals surface area contributed by atoms with E-state index in [2.05, 4.69) is 114 Å². The molecule has 16 rings (SSSR count). The lowest BCUT2D eigenvalue weighted by Crippen LogP contribution is -2.40. The maximum atomic E-state index is 10.8. The minimum atomic E-state index is -0.612. The Labute approximate surface area is 642 Å². The molecule has 24 nitrogen and oxygen atoms in total. The summed E-state index contributed by atoms with van der Waals surface area (Å²) in [5, 5.41) is 61.2. The molecule has 13 aromatic rings. The van der Waals surface area contributed by atoms with Gasteiger partial charge in [0.05, 0.1) is 42.5 Å². The number of methoxy groups -OCH3 is 3. The van der Waals surface area contributed by atoms with Gasteiger partial charge in [0.25, 0.3) is 17.7 Å². The van der Waals surface area contributed by atoms with E-state index < -0.39 is 18.3 Å². The van der Waals surface area contributed by atoms with E-state index in [1.54, 1.807) is 42.1 Å². The number of halogens is 1. The summed E-state index contributed by atoms with van der Waals surface area (Å²) in [6.07, 6.45) is 4.34. The van der Waals surface area contributed by atoms with Crippen molar-refractivity contribution in [3.63, 3.8) is 0 Å². The van der Waals surface area contributed by atoms with Gasteiger partial charge in [0.15, 0.2) is 17.3 Å². The monoisotopic (exact) mass is 1520 g/mol. The number of furan rings is 3. The number of likely N-dealkylation sites (tertiary alicyclic amines) is 3. The van der Waals surface area contributed by atoms with Gasteiger partial charge in [-0.25, -0.2) is 0 Å². The van der Waals surface area contributed by atoms with Gasteiger partial charge in [-0.2, -0.15) is 0 Å². The fourth-order valence-corrected chi connectivity index (χ4v) is 15.7. The molecular formula is C85H94ClN9O15. The lowest BCUT2D eigenvalue weighted by atomic mass is 9.87. The van der Waals surface area contributed by atoms with Crippen LogP contribution in [0.4, 0.5) is 0 Å². The Bertz CT molecular complexity index is 5230. The molecule has 110 heavy (non-hydrogen) atoms. The molecule has 3 aliphatic heterocycles. The molecule has 0 spiro atoms. The van der Waals surface area contributed by atoms with Gasteiger partial charge in [0.2, 0.25) is 17.7 Å². The quantitative estimate of drug-likeness (QED) is 0.0507. The van der Waals surface area contributed by atoms with E-state index in [0.717, 1.165) is 122 Å². The van der Waals surface area contributed by atoms with Crippen LogP contribution in [0.5, 0.6) is 34.5 Å². The molecule has 3 saturated heterocycles. The second-order valence-corrected chi connectivity index (χ2v) is 29.1. The van der Waals surface area contributed by atoms with Crippen LogP contribution in [0.25, 0.3) is 78.6 Å². The highest BCUT2D eigenvalue weighted by Gasteiger charge is 2.30. The zero-order valence-corrected chi connectivity index (χ0v) is 64.3. The van der Waals surface area contributed by atoms with E-state index in [4.69, 9.17) is 66.5 Å². The van der Waals surface area contributed by atoms with Gasteiger partial charge >= 0.3 is 0 Å². The molecule has 576 valence electrons. The Hall–Kier alpha value is -10.3. The fraction of sp³-hybridized carbons (Fsp3) is 0.388. The Morgan fingerprint density at radius 1 is 0.400 bits per heavy atom. The molecular weight excluding hydrogens is 1420 g/mol. The predicted molar refractivity (Wildman–Crippen MR) is 418 cm³/mol. The summed E-state index contributed by atoms with van der Waals surface area (Å²) in [7, 11) is 5.16. The average Bonchev–Trinajstić information content (AvgIpc) is 1.77. The number of benzene rings is 7. The van der Waals surface area contributed by atoms with Gasteiger partial charge in [0, 0.05) is 64.0 Å². The number of rotatable bonds is 24. The molecule has 3 atom stereocenters. The van der Waals surface area contributed by atoms with Crippen molar-refractivity contribution in [2.45, 2.75) is 116 Å². The molecule has 0 aliphatic carbocycles. The van der Waals surface area contributed by atoms with E-state index in [0.29, 0.717) is 129 Å². The summed E-state index contributed by atoms with van der Waals surface area (Å²) in [5.41, 5.74) is 9.34. The Morgan fingerprint density at radius 3 is 1.18 bits per heavy atom. The van der Waals surface area contributed by atoms with Crippen LogP contribution >= 0.6 is 11.6 Å². The minimum Gasteiger partial charge on any atom is -0.496 e. The van der Waals surface area contributed by atoms with Crippen molar-refractivity contribution in [2.75, 3.05) is 100 Å². The number of piperidine rings is 3. The number of aryl methyl sites for hydroxylation is 5. The Kier molecular flexibility index (Phi) is 24.1. The van der Waals surface area contributed by atoms with Gasteiger partial charge in [-0.15, -0.1) is 30.6 Å². The first kappa shape index (κ1) is 76.5. The van der Waals surface area contributed by atoms with Crippen LogP contribution in [0, 0.1) is 41.5 Å². The molecule has 25 heteroatoms. The molecule has 3 unspecified atom stereocenters. The van der Waals surface area contributed by atoms with Crippen molar-refractivity contribution < 1.29 is 70.2 Å². The number of hydrogen-bond donors (Lipinski definition) is 3. The van der Waals surface area contributed by atoms with Gasteiger partial charge < -0.3 is 84.9 Å². The molecule has 7 aromatic carbocycles. The highest BCUT2D eigenvalue weighted by molar-refractivity contribution is 6.32. The van der Waals surface area contributed by atoms with Crippen LogP contribution in [0.3, 0.4) is 0 Å². The van der Waals surface area contributed by atoms with Gasteiger partial charge in [0.1, 0.15) is 89.4 Å². The van der Waals surface area contributed by atoms with Crippen molar-refractivity contribution in [1.82, 2.24) is 45.3 Å². The molecule has 0 bridgehead atoms. The third-order valence-corrected chi connectivity index (χ3v) is 21.4. The number of hydrogen-bond acceptors (Lipinski definition) is 24. The standard InChI is InChI=1S/C30H31N3O5.C28H33N3O5.C27H30ClN3O5/c1-19-31-32-30(37-19)28-16-25-26(8-5-9-27(25)38-28)36-18-22(34)17-33-14-12-21(13-15-33)24-11-10-20-6-3-4-7-23(20)29(24)35-2;1-17-8-9-22(27(33-4)18(17)2)20-10-12-31(13-11-20)15-21(32)16-34-24-6-5-7-25-23(24)14-26(36-25)28-30-29-19(3)35-28;1-16-11-19(12-22(28)26(16)33-3)18-7-9-31(10-8-18)14-20(32)15-34-23-5-4-6-24-21(23)13-25(36-24)27-30-29-17(2)35-27/h3-11,16,21-22,34H,12-15,17-18H2,1-2H3;5-9,14,20-21,32H,10-13,15-16H2,1-4H3;4-6,11-13,18,20,32H,7-10,14-15H2,1-3H3. The largest absolute Gasteiger partial charge is 0.496 e. The highest BCUT2D eigenvalue weighted by Crippen LogP contribution is 2.43. The maximum absolute atomic E-state index is 10.8. The second-order valence-electron chi connectivity index (χ2n) is 28.7. The number of aliphatic hydroxyl groups excluding tert-OH is 3. The van der Waals surface area contributed by atoms with Crippen LogP contribution in [-0.2, 0) is 0 Å².